The number of hydrogen-bond acceptors (Lipinski definition) is 4. The lowest BCUT2D eigenvalue weighted by Gasteiger charge is -2.16. The van der Waals surface area contributed by atoms with Crippen molar-refractivity contribution >= 4 is 11.9 Å². The number of carbonyl (C=O) groups excluding carboxylic acids is 2. The van der Waals surface area contributed by atoms with E-state index in [1.54, 1.807) is 31.2 Å². The Morgan fingerprint density at radius 1 is 1.20 bits per heavy atom. The Morgan fingerprint density at radius 2 is 1.96 bits per heavy atom. The summed E-state index contributed by atoms with van der Waals surface area (Å²) in [6, 6.07) is 7.11. The van der Waals surface area contributed by atoms with E-state index in [0.717, 1.165) is 24.8 Å². The highest BCUT2D eigenvalue weighted by Crippen LogP contribution is 2.19. The summed E-state index contributed by atoms with van der Waals surface area (Å²) in [7, 11) is 1.37. The number of rotatable bonds is 8. The van der Waals surface area contributed by atoms with Gasteiger partial charge >= 0.3 is 5.97 Å². The Hall–Kier alpha value is -2.30. The van der Waals surface area contributed by atoms with E-state index in [9.17, 15) is 9.59 Å². The molecule has 0 fully saturated rings. The fourth-order valence-corrected chi connectivity index (χ4v) is 2.80. The van der Waals surface area contributed by atoms with Crippen LogP contribution in [0.15, 0.2) is 35.9 Å². The fourth-order valence-electron chi connectivity index (χ4n) is 2.80. The van der Waals surface area contributed by atoms with Crippen LogP contribution in [0.2, 0.25) is 0 Å². The molecule has 1 atom stereocenters. The summed E-state index contributed by atoms with van der Waals surface area (Å²) in [5.74, 6) is 0.204. The normalized spacial score (nSPS) is 15.0. The molecule has 0 aromatic heterocycles. The van der Waals surface area contributed by atoms with Gasteiger partial charge in [0.25, 0.3) is 5.91 Å². The van der Waals surface area contributed by atoms with E-state index in [2.05, 4.69) is 16.1 Å². The predicted octanol–water partition coefficient (Wildman–Crippen LogP) is 3.18. The van der Waals surface area contributed by atoms with Crippen LogP contribution in [0.3, 0.4) is 0 Å². The first-order chi connectivity index (χ1) is 12.1. The first-order valence-corrected chi connectivity index (χ1v) is 8.86. The van der Waals surface area contributed by atoms with Crippen molar-refractivity contribution in [1.29, 1.82) is 0 Å². The summed E-state index contributed by atoms with van der Waals surface area (Å²) in [6.07, 6.45) is 7.72. The van der Waals surface area contributed by atoms with Crippen LogP contribution in [0.4, 0.5) is 0 Å². The number of nitrogens with one attached hydrogen (secondary N) is 1. The molecule has 5 nitrogen and oxygen atoms in total. The van der Waals surface area contributed by atoms with Crippen LogP contribution in [-0.4, -0.2) is 31.6 Å². The Labute approximate surface area is 149 Å². The summed E-state index contributed by atoms with van der Waals surface area (Å²) in [6.45, 7) is 2.38. The summed E-state index contributed by atoms with van der Waals surface area (Å²) < 4.78 is 10.3. The van der Waals surface area contributed by atoms with Crippen molar-refractivity contribution < 1.29 is 19.1 Å². The Kier molecular flexibility index (Phi) is 7.51. The number of ether oxygens (including phenoxy) is 2. The summed E-state index contributed by atoms with van der Waals surface area (Å²) in [5, 5.41) is 2.93. The third kappa shape index (κ3) is 6.61. The van der Waals surface area contributed by atoms with Crippen LogP contribution < -0.4 is 10.1 Å². The van der Waals surface area contributed by atoms with E-state index in [1.165, 1.54) is 25.5 Å². The highest BCUT2D eigenvalue weighted by molar-refractivity contribution is 5.80. The van der Waals surface area contributed by atoms with Crippen molar-refractivity contribution in [2.75, 3.05) is 13.7 Å². The molecule has 25 heavy (non-hydrogen) atoms. The van der Waals surface area contributed by atoms with Gasteiger partial charge in [0.1, 0.15) is 5.75 Å². The lowest BCUT2D eigenvalue weighted by molar-refractivity contribution is -0.139. The number of carbonyl (C=O) groups is 2. The molecule has 2 rings (SSSR count). The molecule has 0 saturated heterocycles. The zero-order valence-corrected chi connectivity index (χ0v) is 15.0. The molecule has 0 bridgehead atoms. The van der Waals surface area contributed by atoms with E-state index < -0.39 is 6.10 Å². The maximum atomic E-state index is 12.1. The van der Waals surface area contributed by atoms with Gasteiger partial charge in [-0.2, -0.15) is 0 Å². The SMILES string of the molecule is COC(=O)Cc1ccc(O[C@@H](C)C(=O)NCCC2=CCCCC2)cc1. The maximum Gasteiger partial charge on any atom is 0.309 e. The van der Waals surface area contributed by atoms with Gasteiger partial charge in [0.15, 0.2) is 6.10 Å². The smallest absolute Gasteiger partial charge is 0.309 e. The lowest BCUT2D eigenvalue weighted by Crippen LogP contribution is -2.36. The van der Waals surface area contributed by atoms with Gasteiger partial charge in [-0.05, 0) is 56.7 Å². The zero-order valence-electron chi connectivity index (χ0n) is 15.0. The largest absolute Gasteiger partial charge is 0.481 e. The molecule has 1 aromatic rings. The molecule has 136 valence electrons. The quantitative estimate of drug-likeness (QED) is 0.580. The second-order valence-corrected chi connectivity index (χ2v) is 6.31. The molecule has 0 radical (unpaired) electrons. The predicted molar refractivity (Wildman–Crippen MR) is 96.4 cm³/mol. The molecular weight excluding hydrogens is 318 g/mol. The van der Waals surface area contributed by atoms with Crippen molar-refractivity contribution in [3.05, 3.63) is 41.5 Å². The molecular formula is C20H27NO4. The van der Waals surface area contributed by atoms with Gasteiger partial charge in [-0.1, -0.05) is 23.8 Å². The molecule has 1 aromatic carbocycles. The summed E-state index contributed by atoms with van der Waals surface area (Å²) in [4.78, 5) is 23.4. The second kappa shape index (κ2) is 9.87. The van der Waals surface area contributed by atoms with Crippen LogP contribution in [0.1, 0.15) is 44.6 Å². The first-order valence-electron chi connectivity index (χ1n) is 8.86. The number of methoxy groups -OCH3 is 1. The summed E-state index contributed by atoms with van der Waals surface area (Å²) >= 11 is 0. The minimum Gasteiger partial charge on any atom is -0.481 e. The van der Waals surface area contributed by atoms with E-state index >= 15 is 0 Å². The third-order valence-electron chi connectivity index (χ3n) is 4.31. The van der Waals surface area contributed by atoms with Gasteiger partial charge in [0.2, 0.25) is 0 Å². The van der Waals surface area contributed by atoms with Crippen molar-refractivity contribution in [3.8, 4) is 5.75 Å². The van der Waals surface area contributed by atoms with Crippen LogP contribution in [-0.2, 0) is 20.7 Å². The van der Waals surface area contributed by atoms with Crippen molar-refractivity contribution in [2.45, 2.75) is 51.6 Å². The maximum absolute atomic E-state index is 12.1. The molecule has 0 aliphatic heterocycles. The minimum atomic E-state index is -0.563. The number of hydrogen-bond donors (Lipinski definition) is 1. The second-order valence-electron chi connectivity index (χ2n) is 6.31. The van der Waals surface area contributed by atoms with E-state index in [4.69, 9.17) is 4.74 Å². The fraction of sp³-hybridized carbons (Fsp3) is 0.500. The average Bonchev–Trinajstić information content (AvgIpc) is 2.64. The minimum absolute atomic E-state index is 0.116. The topological polar surface area (TPSA) is 64.6 Å². The van der Waals surface area contributed by atoms with Crippen LogP contribution in [0.5, 0.6) is 5.75 Å². The van der Waals surface area contributed by atoms with Gasteiger partial charge in [-0.25, -0.2) is 0 Å². The zero-order chi connectivity index (χ0) is 18.1. The van der Waals surface area contributed by atoms with Gasteiger partial charge in [-0.3, -0.25) is 9.59 Å². The van der Waals surface area contributed by atoms with E-state index in [-0.39, 0.29) is 18.3 Å². The Bertz CT molecular complexity index is 607. The van der Waals surface area contributed by atoms with Gasteiger partial charge in [0.05, 0.1) is 13.5 Å². The van der Waals surface area contributed by atoms with Crippen LogP contribution in [0.25, 0.3) is 0 Å². The third-order valence-corrected chi connectivity index (χ3v) is 4.31. The van der Waals surface area contributed by atoms with Gasteiger partial charge in [-0.15, -0.1) is 0 Å². The molecule has 1 aliphatic rings. The van der Waals surface area contributed by atoms with Crippen molar-refractivity contribution in [3.63, 3.8) is 0 Å². The highest BCUT2D eigenvalue weighted by atomic mass is 16.5. The van der Waals surface area contributed by atoms with Crippen LogP contribution >= 0.6 is 0 Å². The lowest BCUT2D eigenvalue weighted by atomic mass is 9.97. The molecule has 0 heterocycles. The van der Waals surface area contributed by atoms with Crippen molar-refractivity contribution in [2.24, 2.45) is 0 Å². The highest BCUT2D eigenvalue weighted by Gasteiger charge is 2.14. The molecule has 0 unspecified atom stereocenters. The van der Waals surface area contributed by atoms with Gasteiger partial charge < -0.3 is 14.8 Å². The van der Waals surface area contributed by atoms with Crippen molar-refractivity contribution in [1.82, 2.24) is 5.32 Å². The molecule has 1 N–H and O–H groups in total. The number of esters is 1. The number of allylic oxidation sites excluding steroid dienone is 1. The van der Waals surface area contributed by atoms with Crippen LogP contribution in [0, 0.1) is 0 Å². The average molecular weight is 345 g/mol. The number of amides is 1. The molecule has 5 heteroatoms. The summed E-state index contributed by atoms with van der Waals surface area (Å²) in [5.41, 5.74) is 2.29. The molecule has 1 amide bonds. The number of benzene rings is 1. The van der Waals surface area contributed by atoms with E-state index in [1.807, 2.05) is 0 Å². The van der Waals surface area contributed by atoms with E-state index in [0.29, 0.717) is 12.3 Å². The Balaban J connectivity index is 1.74. The van der Waals surface area contributed by atoms with Gasteiger partial charge in [0, 0.05) is 6.54 Å². The molecule has 1 aliphatic carbocycles. The Morgan fingerprint density at radius 3 is 2.60 bits per heavy atom. The first kappa shape index (κ1) is 19.0. The standard InChI is InChI=1S/C20H27NO4/c1-15(20(23)21-13-12-16-6-4-3-5-7-16)25-18-10-8-17(9-11-18)14-19(22)24-2/h6,8-11,15H,3-5,7,12-14H2,1-2H3,(H,21,23)/t15-/m0/s1. The monoisotopic (exact) mass is 345 g/mol. The molecule has 0 spiro atoms. The molecule has 0 saturated carbocycles.